The van der Waals surface area contributed by atoms with Crippen LogP contribution in [0.4, 0.5) is 9.18 Å². The average molecular weight is 367 g/mol. The number of carbonyl (C=O) groups excluding carboxylic acids is 1. The molecule has 2 bridgehead atoms. The second-order valence-corrected chi connectivity index (χ2v) is 8.32. The van der Waals surface area contributed by atoms with Crippen LogP contribution in [-0.2, 0) is 4.74 Å². The molecule has 27 heavy (non-hydrogen) atoms. The summed E-state index contributed by atoms with van der Waals surface area (Å²) in [7, 11) is 0. The van der Waals surface area contributed by atoms with E-state index >= 15 is 0 Å². The largest absolute Gasteiger partial charge is 0.448 e. The van der Waals surface area contributed by atoms with Gasteiger partial charge < -0.3 is 14.7 Å². The Morgan fingerprint density at radius 2 is 1.67 bits per heavy atom. The van der Waals surface area contributed by atoms with Crippen molar-refractivity contribution in [1.29, 1.82) is 0 Å². The Labute approximate surface area is 157 Å². The van der Waals surface area contributed by atoms with Crippen molar-refractivity contribution in [3.8, 4) is 11.1 Å². The first kappa shape index (κ1) is 16.8. The molecule has 1 N–H and O–H groups in total. The van der Waals surface area contributed by atoms with Gasteiger partial charge in [-0.1, -0.05) is 48.5 Å². The number of piperidine rings is 2. The maximum Gasteiger partial charge on any atom is 0.409 e. The van der Waals surface area contributed by atoms with Crippen LogP contribution in [0.15, 0.2) is 48.5 Å². The van der Waals surface area contributed by atoms with E-state index in [2.05, 4.69) is 24.3 Å². The highest BCUT2D eigenvalue weighted by Gasteiger charge is 2.61. The van der Waals surface area contributed by atoms with Crippen LogP contribution in [0.2, 0.25) is 0 Å². The van der Waals surface area contributed by atoms with Gasteiger partial charge in [0.05, 0.1) is 13.2 Å². The van der Waals surface area contributed by atoms with Crippen molar-refractivity contribution in [1.82, 2.24) is 4.90 Å². The Morgan fingerprint density at radius 3 is 2.26 bits per heavy atom. The summed E-state index contributed by atoms with van der Waals surface area (Å²) in [5.41, 5.74) is 2.81. The molecule has 1 amide bonds. The van der Waals surface area contributed by atoms with E-state index in [9.17, 15) is 14.3 Å². The van der Waals surface area contributed by atoms with Crippen LogP contribution in [0.5, 0.6) is 0 Å². The molecular weight excluding hydrogens is 345 g/mol. The smallest absolute Gasteiger partial charge is 0.409 e. The summed E-state index contributed by atoms with van der Waals surface area (Å²) >= 11 is 0. The molecule has 0 radical (unpaired) electrons. The highest BCUT2D eigenvalue weighted by molar-refractivity contribution is 5.79. The quantitative estimate of drug-likeness (QED) is 0.899. The normalized spacial score (nSPS) is 28.3. The van der Waals surface area contributed by atoms with Gasteiger partial charge in [-0.3, -0.25) is 0 Å². The molecule has 3 fully saturated rings. The summed E-state index contributed by atoms with van der Waals surface area (Å²) in [6.45, 7) is 0.567. The number of rotatable bonds is 3. The molecule has 2 aromatic carbocycles. The van der Waals surface area contributed by atoms with E-state index in [1.54, 1.807) is 0 Å². The Kier molecular flexibility index (Phi) is 3.60. The Hall–Kier alpha value is -2.40. The summed E-state index contributed by atoms with van der Waals surface area (Å²) in [4.78, 5) is 14.0. The molecular formula is C22H22FNO3. The number of halogens is 1. The lowest BCUT2D eigenvalue weighted by atomic mass is 9.57. The second kappa shape index (κ2) is 5.80. The minimum Gasteiger partial charge on any atom is -0.448 e. The van der Waals surface area contributed by atoms with Crippen molar-refractivity contribution < 1.29 is 19.0 Å². The van der Waals surface area contributed by atoms with Gasteiger partial charge in [-0.05, 0) is 35.1 Å². The molecule has 0 aromatic heterocycles. The molecule has 1 saturated carbocycles. The number of aliphatic hydroxyl groups excluding tert-OH is 1. The molecule has 0 spiro atoms. The molecule has 140 valence electrons. The maximum atomic E-state index is 14.6. The molecule has 0 unspecified atom stereocenters. The van der Waals surface area contributed by atoms with Crippen molar-refractivity contribution in [3.05, 3.63) is 59.7 Å². The third-order valence-corrected chi connectivity index (χ3v) is 6.31. The highest BCUT2D eigenvalue weighted by atomic mass is 19.1. The zero-order valence-corrected chi connectivity index (χ0v) is 15.0. The Morgan fingerprint density at radius 1 is 1.07 bits per heavy atom. The molecule has 2 aromatic rings. The molecule has 2 heterocycles. The number of fused-ring (bicyclic) bond motifs is 5. The summed E-state index contributed by atoms with van der Waals surface area (Å²) in [6.07, 6.45) is 0.184. The third kappa shape index (κ3) is 2.56. The maximum absolute atomic E-state index is 14.6. The number of hydrogen-bond donors (Lipinski definition) is 1. The third-order valence-electron chi connectivity index (χ3n) is 6.31. The monoisotopic (exact) mass is 367 g/mol. The van der Waals surface area contributed by atoms with Gasteiger partial charge in [-0.25, -0.2) is 9.18 Å². The van der Waals surface area contributed by atoms with Gasteiger partial charge in [0.25, 0.3) is 0 Å². The molecule has 5 heteroatoms. The van der Waals surface area contributed by atoms with Gasteiger partial charge in [0.1, 0.15) is 12.3 Å². The molecule has 2 aliphatic carbocycles. The number of amides is 1. The standard InChI is InChI=1S/C22H22FNO3/c23-22-10-21(11-22,14-25)12-24(13-22)20(26)27-9-19-17-7-3-1-5-15(17)16-6-2-4-8-18(16)19/h1-8,19,25H,9-14H2. The van der Waals surface area contributed by atoms with Crippen molar-refractivity contribution in [2.75, 3.05) is 26.3 Å². The summed E-state index contributed by atoms with van der Waals surface area (Å²) < 4.78 is 20.2. The van der Waals surface area contributed by atoms with Crippen LogP contribution in [-0.4, -0.2) is 48.1 Å². The van der Waals surface area contributed by atoms with Gasteiger partial charge in [0, 0.05) is 17.9 Å². The van der Waals surface area contributed by atoms with Crippen LogP contribution < -0.4 is 0 Å². The van der Waals surface area contributed by atoms with Crippen molar-refractivity contribution >= 4 is 6.09 Å². The van der Waals surface area contributed by atoms with E-state index in [4.69, 9.17) is 4.74 Å². The van der Waals surface area contributed by atoms with Crippen LogP contribution in [0.3, 0.4) is 0 Å². The van der Waals surface area contributed by atoms with E-state index < -0.39 is 17.2 Å². The first-order valence-corrected chi connectivity index (χ1v) is 9.42. The van der Waals surface area contributed by atoms with Gasteiger partial charge in [0.2, 0.25) is 0 Å². The number of nitrogens with zero attached hydrogens (tertiary/aromatic N) is 1. The fourth-order valence-electron chi connectivity index (χ4n) is 5.30. The van der Waals surface area contributed by atoms with E-state index in [1.165, 1.54) is 16.0 Å². The second-order valence-electron chi connectivity index (χ2n) is 8.32. The lowest BCUT2D eigenvalue weighted by molar-refractivity contribution is -0.159. The van der Waals surface area contributed by atoms with Crippen LogP contribution in [0.1, 0.15) is 29.9 Å². The van der Waals surface area contributed by atoms with Gasteiger partial charge in [-0.2, -0.15) is 0 Å². The molecule has 2 aliphatic heterocycles. The molecule has 0 atom stereocenters. The minimum absolute atomic E-state index is 0.00758. The van der Waals surface area contributed by atoms with Gasteiger partial charge in [-0.15, -0.1) is 0 Å². The lowest BCUT2D eigenvalue weighted by Gasteiger charge is -2.58. The van der Waals surface area contributed by atoms with Crippen LogP contribution in [0.25, 0.3) is 11.1 Å². The van der Waals surface area contributed by atoms with E-state index in [0.717, 1.165) is 11.1 Å². The zero-order chi connectivity index (χ0) is 18.6. The first-order chi connectivity index (χ1) is 13.0. The minimum atomic E-state index is -1.37. The average Bonchev–Trinajstić information content (AvgIpc) is 2.99. The SMILES string of the molecule is O=C(OCC1c2ccccc2-c2ccccc21)N1CC2(F)CC(CO)(C1)C2. The van der Waals surface area contributed by atoms with E-state index in [1.807, 2.05) is 24.3 Å². The number of benzene rings is 2. The van der Waals surface area contributed by atoms with Gasteiger partial charge in [0.15, 0.2) is 0 Å². The molecule has 6 rings (SSSR count). The molecule has 4 aliphatic rings. The van der Waals surface area contributed by atoms with E-state index in [0.29, 0.717) is 19.4 Å². The fourth-order valence-corrected chi connectivity index (χ4v) is 5.30. The number of hydrogen-bond acceptors (Lipinski definition) is 3. The number of carbonyl (C=O) groups is 1. The Bertz CT molecular complexity index is 860. The summed E-state index contributed by atoms with van der Waals surface area (Å²) in [6, 6.07) is 16.3. The predicted octanol–water partition coefficient (Wildman–Crippen LogP) is 3.73. The highest BCUT2D eigenvalue weighted by Crippen LogP contribution is 2.55. The molecule has 4 nitrogen and oxygen atoms in total. The van der Waals surface area contributed by atoms with Crippen LogP contribution >= 0.6 is 0 Å². The van der Waals surface area contributed by atoms with Crippen molar-refractivity contribution in [3.63, 3.8) is 0 Å². The van der Waals surface area contributed by atoms with Crippen molar-refractivity contribution in [2.24, 2.45) is 5.41 Å². The number of alkyl halides is 1. The number of aliphatic hydroxyl groups is 1. The Balaban J connectivity index is 1.33. The van der Waals surface area contributed by atoms with Crippen LogP contribution in [0, 0.1) is 5.41 Å². The fraction of sp³-hybridized carbons (Fsp3) is 0.409. The predicted molar refractivity (Wildman–Crippen MR) is 99.2 cm³/mol. The topological polar surface area (TPSA) is 49.8 Å². The summed E-state index contributed by atoms with van der Waals surface area (Å²) in [5.74, 6) is -0.00758. The number of ether oxygens (including phenoxy) is 1. The van der Waals surface area contributed by atoms with Gasteiger partial charge >= 0.3 is 6.09 Å². The molecule has 2 saturated heterocycles. The zero-order valence-electron chi connectivity index (χ0n) is 15.0. The summed E-state index contributed by atoms with van der Waals surface area (Å²) in [5, 5.41) is 9.58. The van der Waals surface area contributed by atoms with E-state index in [-0.39, 0.29) is 25.7 Å². The van der Waals surface area contributed by atoms with Crippen molar-refractivity contribution in [2.45, 2.75) is 24.4 Å². The first-order valence-electron chi connectivity index (χ1n) is 9.42. The lowest BCUT2D eigenvalue weighted by Crippen LogP contribution is -2.67.